The molecule has 1 atom stereocenters. The van der Waals surface area contributed by atoms with Gasteiger partial charge < -0.3 is 10.2 Å². The Labute approximate surface area is 108 Å². The number of carbonyl (C=O) groups is 3. The van der Waals surface area contributed by atoms with E-state index in [1.54, 1.807) is 18.2 Å². The molecule has 2 rings (SSSR count). The van der Waals surface area contributed by atoms with Crippen molar-refractivity contribution in [3.63, 3.8) is 0 Å². The van der Waals surface area contributed by atoms with Crippen LogP contribution in [-0.4, -0.2) is 28.0 Å². The molecule has 6 heteroatoms. The van der Waals surface area contributed by atoms with Crippen molar-refractivity contribution in [1.29, 1.82) is 0 Å². The van der Waals surface area contributed by atoms with E-state index < -0.39 is 23.7 Å². The van der Waals surface area contributed by atoms with Gasteiger partial charge in [-0.2, -0.15) is 0 Å². The second kappa shape index (κ2) is 4.93. The number of piperidine rings is 1. The van der Waals surface area contributed by atoms with Gasteiger partial charge in [-0.25, -0.2) is 0 Å². The van der Waals surface area contributed by atoms with Crippen LogP contribution in [0, 0.1) is 5.92 Å². The molecule has 1 saturated heterocycles. The predicted molar refractivity (Wildman–Crippen MR) is 65.0 cm³/mol. The minimum atomic E-state index is -1.25. The highest BCUT2D eigenvalue weighted by atomic mass is 16.4. The number of hydrogen-bond donors (Lipinski definition) is 3. The molecule has 0 spiro atoms. The lowest BCUT2D eigenvalue weighted by molar-refractivity contribution is -0.146. The van der Waals surface area contributed by atoms with Crippen LogP contribution in [0.5, 0.6) is 5.75 Å². The monoisotopic (exact) mass is 261 g/mol. The molecule has 1 aliphatic heterocycles. The van der Waals surface area contributed by atoms with Crippen LogP contribution in [0.4, 0.5) is 0 Å². The van der Waals surface area contributed by atoms with E-state index in [2.05, 4.69) is 5.32 Å². The van der Waals surface area contributed by atoms with E-state index in [1.807, 2.05) is 0 Å². The molecule has 2 amide bonds. The van der Waals surface area contributed by atoms with Crippen molar-refractivity contribution >= 4 is 23.9 Å². The van der Waals surface area contributed by atoms with Crippen molar-refractivity contribution in [2.45, 2.75) is 6.42 Å². The van der Waals surface area contributed by atoms with Gasteiger partial charge in [-0.3, -0.25) is 19.7 Å². The van der Waals surface area contributed by atoms with Crippen LogP contribution in [-0.2, 0) is 14.4 Å². The summed E-state index contributed by atoms with van der Waals surface area (Å²) in [5, 5.41) is 20.7. The Bertz CT molecular complexity index is 590. The van der Waals surface area contributed by atoms with Gasteiger partial charge in [0.05, 0.1) is 5.92 Å². The number of para-hydroxylation sites is 1. The van der Waals surface area contributed by atoms with Gasteiger partial charge in [0, 0.05) is 17.6 Å². The van der Waals surface area contributed by atoms with E-state index in [4.69, 9.17) is 5.11 Å². The number of aromatic hydroxyl groups is 1. The summed E-state index contributed by atoms with van der Waals surface area (Å²) >= 11 is 0. The first-order valence-corrected chi connectivity index (χ1v) is 5.55. The van der Waals surface area contributed by atoms with Gasteiger partial charge in [0.2, 0.25) is 5.91 Å². The standard InChI is InChI=1S/C13H11NO5/c15-10-4-2-1-3-7(10)5-8-9(13(18)19)6-11(16)14-12(8)17/h1-5,9,15H,6H2,(H,18,19)(H,14,16,17)/b8-5-. The molecule has 1 aromatic rings. The number of carboxylic acids is 1. The van der Waals surface area contributed by atoms with Crippen molar-refractivity contribution < 1.29 is 24.6 Å². The SMILES string of the molecule is O=C1CC(C(=O)O)/C(=C/c2ccccc2O)C(=O)N1. The summed E-state index contributed by atoms with van der Waals surface area (Å²) in [7, 11) is 0. The summed E-state index contributed by atoms with van der Waals surface area (Å²) in [6.07, 6.45) is 0.996. The molecule has 1 aromatic carbocycles. The van der Waals surface area contributed by atoms with Gasteiger partial charge in [0.15, 0.2) is 0 Å². The van der Waals surface area contributed by atoms with Crippen LogP contribution >= 0.6 is 0 Å². The van der Waals surface area contributed by atoms with E-state index in [1.165, 1.54) is 12.1 Å². The molecule has 0 aliphatic carbocycles. The summed E-state index contributed by atoms with van der Waals surface area (Å²) in [4.78, 5) is 34.0. The summed E-state index contributed by atoms with van der Waals surface area (Å²) in [5.41, 5.74) is 0.279. The average Bonchev–Trinajstić information content (AvgIpc) is 2.34. The molecule has 0 saturated carbocycles. The number of carbonyl (C=O) groups excluding carboxylic acids is 2. The second-order valence-corrected chi connectivity index (χ2v) is 4.13. The fraction of sp³-hybridized carbons (Fsp3) is 0.154. The number of amides is 2. The molecule has 6 nitrogen and oxygen atoms in total. The Morgan fingerprint density at radius 2 is 2.00 bits per heavy atom. The van der Waals surface area contributed by atoms with Crippen LogP contribution in [0.25, 0.3) is 6.08 Å². The molecule has 1 aliphatic rings. The molecule has 98 valence electrons. The minimum Gasteiger partial charge on any atom is -0.507 e. The van der Waals surface area contributed by atoms with Gasteiger partial charge in [0.25, 0.3) is 5.91 Å². The van der Waals surface area contributed by atoms with E-state index in [0.717, 1.165) is 0 Å². The van der Waals surface area contributed by atoms with E-state index >= 15 is 0 Å². The Morgan fingerprint density at radius 1 is 1.32 bits per heavy atom. The van der Waals surface area contributed by atoms with Crippen molar-refractivity contribution in [2.75, 3.05) is 0 Å². The Balaban J connectivity index is 2.45. The predicted octanol–water partition coefficient (Wildman–Crippen LogP) is 0.523. The number of carboxylic acid groups (broad SMARTS) is 1. The fourth-order valence-electron chi connectivity index (χ4n) is 1.87. The summed E-state index contributed by atoms with van der Waals surface area (Å²) in [5.74, 6) is -3.87. The lowest BCUT2D eigenvalue weighted by Gasteiger charge is -2.20. The number of hydrogen-bond acceptors (Lipinski definition) is 4. The Hall–Kier alpha value is -2.63. The third-order valence-corrected chi connectivity index (χ3v) is 2.83. The molecule has 1 unspecified atom stereocenters. The van der Waals surface area contributed by atoms with Gasteiger partial charge in [-0.1, -0.05) is 18.2 Å². The second-order valence-electron chi connectivity index (χ2n) is 4.13. The number of aliphatic carboxylic acids is 1. The maximum absolute atomic E-state index is 11.7. The van der Waals surface area contributed by atoms with Crippen LogP contribution in [0.15, 0.2) is 29.8 Å². The number of phenols is 1. The molecular weight excluding hydrogens is 250 g/mol. The van der Waals surface area contributed by atoms with Crippen molar-refractivity contribution in [3.05, 3.63) is 35.4 Å². The number of imide groups is 1. The van der Waals surface area contributed by atoms with Crippen LogP contribution in [0.2, 0.25) is 0 Å². The largest absolute Gasteiger partial charge is 0.507 e. The quantitative estimate of drug-likeness (QED) is 0.532. The smallest absolute Gasteiger partial charge is 0.311 e. The zero-order valence-electron chi connectivity index (χ0n) is 9.79. The summed E-state index contributed by atoms with van der Waals surface area (Å²) in [6.45, 7) is 0. The van der Waals surface area contributed by atoms with Crippen LogP contribution in [0.1, 0.15) is 12.0 Å². The number of nitrogens with one attached hydrogen (secondary N) is 1. The summed E-state index contributed by atoms with van der Waals surface area (Å²) in [6, 6.07) is 6.23. The van der Waals surface area contributed by atoms with Gasteiger partial charge >= 0.3 is 5.97 Å². The Kier molecular flexibility index (Phi) is 3.33. The maximum atomic E-state index is 11.7. The third-order valence-electron chi connectivity index (χ3n) is 2.83. The number of rotatable bonds is 2. The van der Waals surface area contributed by atoms with Gasteiger partial charge in [0.1, 0.15) is 5.75 Å². The van der Waals surface area contributed by atoms with E-state index in [-0.39, 0.29) is 17.7 Å². The lowest BCUT2D eigenvalue weighted by Crippen LogP contribution is -2.43. The van der Waals surface area contributed by atoms with Crippen molar-refractivity contribution in [3.8, 4) is 5.75 Å². The average molecular weight is 261 g/mol. The minimum absolute atomic E-state index is 0.0476. The first kappa shape index (κ1) is 12.8. The van der Waals surface area contributed by atoms with Crippen molar-refractivity contribution in [2.24, 2.45) is 5.92 Å². The molecule has 3 N–H and O–H groups in total. The first-order valence-electron chi connectivity index (χ1n) is 5.55. The first-order chi connectivity index (χ1) is 8.99. The molecule has 1 fully saturated rings. The highest BCUT2D eigenvalue weighted by Gasteiger charge is 2.35. The topological polar surface area (TPSA) is 104 Å². The zero-order chi connectivity index (χ0) is 14.0. The number of benzene rings is 1. The fourth-order valence-corrected chi connectivity index (χ4v) is 1.87. The normalized spacial score (nSPS) is 21.3. The molecular formula is C13H11NO5. The highest BCUT2D eigenvalue weighted by molar-refractivity contribution is 6.13. The van der Waals surface area contributed by atoms with Crippen LogP contribution in [0.3, 0.4) is 0 Å². The molecule has 19 heavy (non-hydrogen) atoms. The van der Waals surface area contributed by atoms with E-state index in [9.17, 15) is 19.5 Å². The molecule has 0 bridgehead atoms. The lowest BCUT2D eigenvalue weighted by atomic mass is 9.89. The number of phenolic OH excluding ortho intramolecular Hbond substituents is 1. The van der Waals surface area contributed by atoms with Crippen molar-refractivity contribution in [1.82, 2.24) is 5.32 Å². The Morgan fingerprint density at radius 3 is 2.63 bits per heavy atom. The molecule has 0 aromatic heterocycles. The molecule has 1 heterocycles. The third kappa shape index (κ3) is 2.62. The zero-order valence-corrected chi connectivity index (χ0v) is 9.79. The molecule has 0 radical (unpaired) electrons. The van der Waals surface area contributed by atoms with Gasteiger partial charge in [-0.05, 0) is 12.1 Å². The van der Waals surface area contributed by atoms with E-state index in [0.29, 0.717) is 5.56 Å². The summed E-state index contributed by atoms with van der Waals surface area (Å²) < 4.78 is 0. The van der Waals surface area contributed by atoms with Gasteiger partial charge in [-0.15, -0.1) is 0 Å². The van der Waals surface area contributed by atoms with Crippen LogP contribution < -0.4 is 5.32 Å². The highest BCUT2D eigenvalue weighted by Crippen LogP contribution is 2.26. The maximum Gasteiger partial charge on any atom is 0.311 e.